The van der Waals surface area contributed by atoms with Crippen molar-refractivity contribution in [2.24, 2.45) is 5.73 Å². The second-order valence-electron chi connectivity index (χ2n) is 3.30. The number of carbonyl (C=O) groups excluding carboxylic acids is 2. The lowest BCUT2D eigenvalue weighted by atomic mass is 10.2. The summed E-state index contributed by atoms with van der Waals surface area (Å²) in [6, 6.07) is -0.473. The molecule has 0 aromatic rings. The summed E-state index contributed by atoms with van der Waals surface area (Å²) in [7, 11) is 0. The molecule has 2 atom stereocenters. The van der Waals surface area contributed by atoms with Crippen molar-refractivity contribution in [2.45, 2.75) is 25.0 Å². The van der Waals surface area contributed by atoms with Crippen molar-refractivity contribution < 1.29 is 19.5 Å². The van der Waals surface area contributed by atoms with Gasteiger partial charge in [0.15, 0.2) is 6.17 Å². The van der Waals surface area contributed by atoms with Crippen molar-refractivity contribution in [3.05, 3.63) is 0 Å². The average Bonchev–Trinajstić information content (AvgIpc) is 2.62. The molecule has 0 saturated carbocycles. The summed E-state index contributed by atoms with van der Waals surface area (Å²) < 4.78 is 0. The van der Waals surface area contributed by atoms with Crippen LogP contribution in [0.15, 0.2) is 0 Å². The summed E-state index contributed by atoms with van der Waals surface area (Å²) in [4.78, 5) is 33.7. The van der Waals surface area contributed by atoms with Crippen molar-refractivity contribution in [3.63, 3.8) is 0 Å². The third-order valence-corrected chi connectivity index (χ3v) is 2.28. The van der Waals surface area contributed by atoms with Gasteiger partial charge in [-0.25, -0.2) is 4.79 Å². The molecule has 0 aliphatic carbocycles. The van der Waals surface area contributed by atoms with Gasteiger partial charge in [0, 0.05) is 6.54 Å². The number of rotatable bonds is 3. The van der Waals surface area contributed by atoms with Crippen LogP contribution in [0.25, 0.3) is 0 Å². The van der Waals surface area contributed by atoms with Crippen LogP contribution < -0.4 is 11.1 Å². The summed E-state index contributed by atoms with van der Waals surface area (Å²) in [5.74, 6) is -0.563. The highest BCUT2D eigenvalue weighted by molar-refractivity contribution is 5.87. The van der Waals surface area contributed by atoms with Crippen molar-refractivity contribution in [2.75, 3.05) is 6.54 Å². The molecule has 0 aromatic carbocycles. The van der Waals surface area contributed by atoms with Crippen LogP contribution in [0, 0.1) is 0 Å². The minimum Gasteiger partial charge on any atom is -0.465 e. The van der Waals surface area contributed by atoms with Crippen molar-refractivity contribution in [3.8, 4) is 0 Å². The Bertz CT molecular complexity index is 281. The molecule has 15 heavy (non-hydrogen) atoms. The highest BCUT2D eigenvalue weighted by Gasteiger charge is 2.31. The van der Waals surface area contributed by atoms with Crippen molar-refractivity contribution in [1.29, 1.82) is 0 Å². The van der Waals surface area contributed by atoms with E-state index in [4.69, 9.17) is 10.8 Å². The van der Waals surface area contributed by atoms with Gasteiger partial charge < -0.3 is 20.5 Å². The van der Waals surface area contributed by atoms with Gasteiger partial charge in [-0.3, -0.25) is 10.1 Å². The first kappa shape index (κ1) is 11.4. The standard InChI is InChI=1S/C8H13N3O4/c9-6(10-8(14)15)7(13)11-3-1-2-5(11)4-12/h4-6,10H,1-3,9H2,(H,14,15). The fourth-order valence-corrected chi connectivity index (χ4v) is 1.58. The van der Waals surface area contributed by atoms with Gasteiger partial charge in [-0.05, 0) is 12.8 Å². The Balaban J connectivity index is 2.58. The molecule has 1 fully saturated rings. The maximum absolute atomic E-state index is 11.6. The van der Waals surface area contributed by atoms with E-state index < -0.39 is 24.2 Å². The molecule has 4 N–H and O–H groups in total. The third kappa shape index (κ3) is 2.66. The summed E-state index contributed by atoms with van der Waals surface area (Å²) in [5, 5.41) is 10.2. The fourth-order valence-electron chi connectivity index (χ4n) is 1.58. The van der Waals surface area contributed by atoms with Gasteiger partial charge >= 0.3 is 6.09 Å². The van der Waals surface area contributed by atoms with Crippen LogP contribution in [0.3, 0.4) is 0 Å². The Labute approximate surface area is 86.2 Å². The molecule has 0 radical (unpaired) electrons. The van der Waals surface area contributed by atoms with Crippen LogP contribution in [0.5, 0.6) is 0 Å². The van der Waals surface area contributed by atoms with Gasteiger partial charge in [0.05, 0.1) is 6.04 Å². The molecule has 2 amide bonds. The molecule has 0 bridgehead atoms. The van der Waals surface area contributed by atoms with Crippen molar-refractivity contribution >= 4 is 18.3 Å². The monoisotopic (exact) mass is 215 g/mol. The lowest BCUT2D eigenvalue weighted by molar-refractivity contribution is -0.136. The van der Waals surface area contributed by atoms with Gasteiger partial charge in [0.1, 0.15) is 6.29 Å². The minimum atomic E-state index is -1.36. The smallest absolute Gasteiger partial charge is 0.406 e. The van der Waals surface area contributed by atoms with E-state index in [1.807, 2.05) is 5.32 Å². The molecule has 1 aliphatic rings. The van der Waals surface area contributed by atoms with Crippen LogP contribution in [0.4, 0.5) is 4.79 Å². The molecule has 1 aliphatic heterocycles. The summed E-state index contributed by atoms with van der Waals surface area (Å²) in [6.07, 6.45) is -0.650. The highest BCUT2D eigenvalue weighted by Crippen LogP contribution is 2.15. The SMILES string of the molecule is NC(NC(=O)O)C(=O)N1CCCC1C=O. The molecule has 84 valence electrons. The summed E-state index contributed by atoms with van der Waals surface area (Å²) in [5.41, 5.74) is 5.32. The third-order valence-electron chi connectivity index (χ3n) is 2.28. The second-order valence-corrected chi connectivity index (χ2v) is 3.30. The van der Waals surface area contributed by atoms with Gasteiger partial charge in [0.2, 0.25) is 0 Å². The second kappa shape index (κ2) is 4.74. The predicted molar refractivity (Wildman–Crippen MR) is 49.9 cm³/mol. The largest absolute Gasteiger partial charge is 0.465 e. The zero-order valence-electron chi connectivity index (χ0n) is 8.05. The predicted octanol–water partition coefficient (Wildman–Crippen LogP) is -1.27. The minimum absolute atomic E-state index is 0.442. The van der Waals surface area contributed by atoms with E-state index in [-0.39, 0.29) is 0 Å². The van der Waals surface area contributed by atoms with E-state index in [2.05, 4.69) is 0 Å². The van der Waals surface area contributed by atoms with Gasteiger partial charge in [0.25, 0.3) is 5.91 Å². The number of hydrogen-bond donors (Lipinski definition) is 3. The molecule has 1 rings (SSSR count). The van der Waals surface area contributed by atoms with Crippen LogP contribution >= 0.6 is 0 Å². The first-order valence-corrected chi connectivity index (χ1v) is 4.57. The Hall–Kier alpha value is -1.63. The molecule has 1 saturated heterocycles. The topological polar surface area (TPSA) is 113 Å². The summed E-state index contributed by atoms with van der Waals surface area (Å²) in [6.45, 7) is 0.442. The molecule has 7 nitrogen and oxygen atoms in total. The Kier molecular flexibility index (Phi) is 3.62. The average molecular weight is 215 g/mol. The number of hydrogen-bond acceptors (Lipinski definition) is 4. The van der Waals surface area contributed by atoms with Gasteiger partial charge in [-0.1, -0.05) is 0 Å². The first-order chi connectivity index (χ1) is 7.06. The molecule has 0 aromatic heterocycles. The number of carboxylic acid groups (broad SMARTS) is 1. The number of carbonyl (C=O) groups is 3. The Morgan fingerprint density at radius 1 is 1.60 bits per heavy atom. The Morgan fingerprint density at radius 2 is 2.27 bits per heavy atom. The Morgan fingerprint density at radius 3 is 2.80 bits per heavy atom. The zero-order chi connectivity index (χ0) is 11.4. The van der Waals surface area contributed by atoms with E-state index in [0.717, 1.165) is 6.42 Å². The number of nitrogens with one attached hydrogen (secondary N) is 1. The number of nitrogens with zero attached hydrogens (tertiary/aromatic N) is 1. The molecule has 2 unspecified atom stereocenters. The first-order valence-electron chi connectivity index (χ1n) is 4.57. The van der Waals surface area contributed by atoms with Crippen LogP contribution in [-0.4, -0.2) is 47.0 Å². The number of likely N-dealkylation sites (tertiary alicyclic amines) is 1. The summed E-state index contributed by atoms with van der Waals surface area (Å²) >= 11 is 0. The van der Waals surface area contributed by atoms with E-state index in [0.29, 0.717) is 19.3 Å². The van der Waals surface area contributed by atoms with Crippen LogP contribution in [0.2, 0.25) is 0 Å². The van der Waals surface area contributed by atoms with E-state index in [1.165, 1.54) is 4.90 Å². The van der Waals surface area contributed by atoms with E-state index in [1.54, 1.807) is 0 Å². The van der Waals surface area contributed by atoms with Crippen molar-refractivity contribution in [1.82, 2.24) is 10.2 Å². The lowest BCUT2D eigenvalue weighted by Crippen LogP contribution is -2.54. The maximum atomic E-state index is 11.6. The molecule has 0 spiro atoms. The fraction of sp³-hybridized carbons (Fsp3) is 0.625. The zero-order valence-corrected chi connectivity index (χ0v) is 8.05. The number of aldehydes is 1. The van der Waals surface area contributed by atoms with Gasteiger partial charge in [-0.2, -0.15) is 0 Å². The molecular formula is C8H13N3O4. The molecule has 1 heterocycles. The normalized spacial score (nSPS) is 22.2. The van der Waals surface area contributed by atoms with E-state index >= 15 is 0 Å². The van der Waals surface area contributed by atoms with Crippen LogP contribution in [-0.2, 0) is 9.59 Å². The van der Waals surface area contributed by atoms with Crippen LogP contribution in [0.1, 0.15) is 12.8 Å². The molecular weight excluding hydrogens is 202 g/mol. The number of nitrogens with two attached hydrogens (primary N) is 1. The van der Waals surface area contributed by atoms with Gasteiger partial charge in [-0.15, -0.1) is 0 Å². The quantitative estimate of drug-likeness (QED) is 0.401. The maximum Gasteiger partial charge on any atom is 0.406 e. The highest BCUT2D eigenvalue weighted by atomic mass is 16.4. The molecule has 7 heteroatoms. The van der Waals surface area contributed by atoms with E-state index in [9.17, 15) is 14.4 Å². The lowest BCUT2D eigenvalue weighted by Gasteiger charge is -2.23. The number of amides is 2.